The largest absolute Gasteiger partial charge is 0.478 e. The highest BCUT2D eigenvalue weighted by Crippen LogP contribution is 2.26. The van der Waals surface area contributed by atoms with Crippen molar-refractivity contribution in [2.45, 2.75) is 13.0 Å². The number of aromatic carboxylic acids is 1. The Morgan fingerprint density at radius 2 is 1.76 bits per heavy atom. The van der Waals surface area contributed by atoms with E-state index in [4.69, 9.17) is 0 Å². The third-order valence-electron chi connectivity index (χ3n) is 5.52. The number of carboxylic acids is 1. The lowest BCUT2D eigenvalue weighted by molar-refractivity contribution is 0.0697. The summed E-state index contributed by atoms with van der Waals surface area (Å²) in [5.41, 5.74) is 4.82. The van der Waals surface area contributed by atoms with Crippen LogP contribution in [-0.4, -0.2) is 30.6 Å². The topological polar surface area (TPSA) is 92.9 Å². The van der Waals surface area contributed by atoms with Crippen LogP contribution >= 0.6 is 0 Å². The van der Waals surface area contributed by atoms with Crippen LogP contribution in [0.3, 0.4) is 0 Å². The van der Waals surface area contributed by atoms with Crippen molar-refractivity contribution in [3.8, 4) is 16.9 Å². The summed E-state index contributed by atoms with van der Waals surface area (Å²) < 4.78 is 1.91. The molecule has 1 unspecified atom stereocenters. The summed E-state index contributed by atoms with van der Waals surface area (Å²) in [6, 6.07) is 24.8. The van der Waals surface area contributed by atoms with Crippen molar-refractivity contribution in [3.05, 3.63) is 103 Å². The second-order valence-electron chi connectivity index (χ2n) is 7.72. The van der Waals surface area contributed by atoms with Crippen LogP contribution in [-0.2, 0) is 0 Å². The average molecular weight is 435 g/mol. The first-order valence-electron chi connectivity index (χ1n) is 10.5. The van der Waals surface area contributed by atoms with Gasteiger partial charge in [0.1, 0.15) is 12.1 Å². The lowest BCUT2D eigenvalue weighted by Gasteiger charge is -2.14. The van der Waals surface area contributed by atoms with Crippen molar-refractivity contribution >= 4 is 23.0 Å². The molecule has 0 aliphatic carbocycles. The molecule has 1 atom stereocenters. The number of aromatic nitrogens is 4. The monoisotopic (exact) mass is 435 g/mol. The van der Waals surface area contributed by atoms with Gasteiger partial charge in [-0.25, -0.2) is 14.8 Å². The van der Waals surface area contributed by atoms with E-state index in [1.165, 1.54) is 0 Å². The summed E-state index contributed by atoms with van der Waals surface area (Å²) in [5, 5.41) is 12.6. The van der Waals surface area contributed by atoms with Crippen LogP contribution in [0.1, 0.15) is 28.9 Å². The van der Waals surface area contributed by atoms with Gasteiger partial charge >= 0.3 is 5.97 Å². The summed E-state index contributed by atoms with van der Waals surface area (Å²) in [7, 11) is 0. The van der Waals surface area contributed by atoms with E-state index in [1.807, 2.05) is 53.1 Å². The van der Waals surface area contributed by atoms with Gasteiger partial charge in [-0.2, -0.15) is 4.98 Å². The Bertz CT molecular complexity index is 1450. The van der Waals surface area contributed by atoms with Crippen LogP contribution in [0, 0.1) is 0 Å². The molecule has 0 aliphatic heterocycles. The van der Waals surface area contributed by atoms with E-state index in [0.717, 1.165) is 27.7 Å². The van der Waals surface area contributed by atoms with Crippen LogP contribution in [0.25, 0.3) is 28.0 Å². The summed E-state index contributed by atoms with van der Waals surface area (Å²) >= 11 is 0. The minimum absolute atomic E-state index is 0.0603. The van der Waals surface area contributed by atoms with Crippen LogP contribution in [0.15, 0.2) is 91.4 Å². The number of benzene rings is 3. The summed E-state index contributed by atoms with van der Waals surface area (Å²) in [4.78, 5) is 24.9. The summed E-state index contributed by atoms with van der Waals surface area (Å²) in [6.07, 6.45) is 3.45. The third kappa shape index (κ3) is 4.16. The Balaban J connectivity index is 1.44. The highest BCUT2D eigenvalue weighted by molar-refractivity contribution is 5.90. The van der Waals surface area contributed by atoms with E-state index in [0.29, 0.717) is 11.8 Å². The van der Waals surface area contributed by atoms with Crippen LogP contribution < -0.4 is 5.32 Å². The number of imidazole rings is 1. The lowest BCUT2D eigenvalue weighted by Crippen LogP contribution is -2.10. The molecule has 3 aromatic carbocycles. The lowest BCUT2D eigenvalue weighted by atomic mass is 10.0. The number of hydrogen-bond acceptors (Lipinski definition) is 5. The molecule has 0 radical (unpaired) electrons. The third-order valence-corrected chi connectivity index (χ3v) is 5.52. The van der Waals surface area contributed by atoms with Gasteiger partial charge in [-0.1, -0.05) is 48.5 Å². The van der Waals surface area contributed by atoms with Crippen molar-refractivity contribution < 1.29 is 9.90 Å². The van der Waals surface area contributed by atoms with Gasteiger partial charge in [0.05, 0.1) is 22.6 Å². The van der Waals surface area contributed by atoms with Gasteiger partial charge in [0.25, 0.3) is 0 Å². The number of carboxylic acid groups (broad SMARTS) is 1. The molecule has 0 bridgehead atoms. The van der Waals surface area contributed by atoms with Gasteiger partial charge in [-0.15, -0.1) is 0 Å². The molecule has 0 saturated carbocycles. The van der Waals surface area contributed by atoms with Crippen LogP contribution in [0.4, 0.5) is 5.95 Å². The molecule has 0 fully saturated rings. The average Bonchev–Trinajstić information content (AvgIpc) is 3.28. The van der Waals surface area contributed by atoms with Crippen molar-refractivity contribution in [1.29, 1.82) is 0 Å². The zero-order valence-corrected chi connectivity index (χ0v) is 17.9. The van der Waals surface area contributed by atoms with E-state index >= 15 is 0 Å². The Morgan fingerprint density at radius 1 is 0.939 bits per heavy atom. The number of fused-ring (bicyclic) bond motifs is 1. The first kappa shape index (κ1) is 20.4. The number of carbonyl (C=O) groups is 1. The molecule has 7 heteroatoms. The quantitative estimate of drug-likeness (QED) is 0.373. The van der Waals surface area contributed by atoms with E-state index in [1.54, 1.807) is 30.7 Å². The van der Waals surface area contributed by atoms with Crippen LogP contribution in [0.5, 0.6) is 0 Å². The van der Waals surface area contributed by atoms with E-state index in [-0.39, 0.29) is 11.6 Å². The molecule has 5 aromatic rings. The molecular weight excluding hydrogens is 414 g/mol. The molecular formula is C26H21N5O2. The molecule has 2 heterocycles. The van der Waals surface area contributed by atoms with Gasteiger partial charge in [0.15, 0.2) is 0 Å². The zero-order chi connectivity index (χ0) is 22.8. The second-order valence-corrected chi connectivity index (χ2v) is 7.72. The maximum absolute atomic E-state index is 11.3. The summed E-state index contributed by atoms with van der Waals surface area (Å²) in [6.45, 7) is 2.07. The van der Waals surface area contributed by atoms with E-state index < -0.39 is 5.97 Å². The van der Waals surface area contributed by atoms with Crippen molar-refractivity contribution in [2.24, 2.45) is 0 Å². The second kappa shape index (κ2) is 8.55. The maximum Gasteiger partial charge on any atom is 0.335 e. The fourth-order valence-electron chi connectivity index (χ4n) is 3.78. The zero-order valence-electron chi connectivity index (χ0n) is 17.9. The number of nitrogens with zero attached hydrogens (tertiary/aromatic N) is 4. The molecule has 5 rings (SSSR count). The molecule has 2 N–H and O–H groups in total. The fraction of sp³-hybridized carbons (Fsp3) is 0.0769. The molecule has 0 saturated heterocycles. The van der Waals surface area contributed by atoms with Crippen molar-refractivity contribution in [1.82, 2.24) is 19.5 Å². The maximum atomic E-state index is 11.3. The fourth-order valence-corrected chi connectivity index (χ4v) is 3.78. The van der Waals surface area contributed by atoms with Gasteiger partial charge in [0.2, 0.25) is 5.95 Å². The molecule has 33 heavy (non-hydrogen) atoms. The highest BCUT2D eigenvalue weighted by Gasteiger charge is 2.11. The van der Waals surface area contributed by atoms with Gasteiger partial charge < -0.3 is 10.4 Å². The minimum atomic E-state index is -0.947. The van der Waals surface area contributed by atoms with E-state index in [2.05, 4.69) is 39.3 Å². The summed E-state index contributed by atoms with van der Waals surface area (Å²) in [5.74, 6) is 0.292. The Morgan fingerprint density at radius 3 is 2.58 bits per heavy atom. The predicted octanol–water partition coefficient (Wildman–Crippen LogP) is 5.35. The SMILES string of the molecule is CC(Nc1nccc(-n2cnc3cc(-c4cccc(C(=O)O)c4)ccc32)n1)c1ccccc1. The van der Waals surface area contributed by atoms with Crippen molar-refractivity contribution in [2.75, 3.05) is 5.32 Å². The molecule has 0 amide bonds. The van der Waals surface area contributed by atoms with Gasteiger partial charge in [-0.05, 0) is 53.9 Å². The van der Waals surface area contributed by atoms with Crippen molar-refractivity contribution in [3.63, 3.8) is 0 Å². The highest BCUT2D eigenvalue weighted by atomic mass is 16.4. The van der Waals surface area contributed by atoms with Gasteiger partial charge in [0, 0.05) is 6.20 Å². The molecule has 162 valence electrons. The number of rotatable bonds is 6. The first-order chi connectivity index (χ1) is 16.1. The molecule has 7 nitrogen and oxygen atoms in total. The number of hydrogen-bond donors (Lipinski definition) is 2. The minimum Gasteiger partial charge on any atom is -0.478 e. The molecule has 0 aliphatic rings. The first-order valence-corrected chi connectivity index (χ1v) is 10.5. The van der Waals surface area contributed by atoms with Gasteiger partial charge in [-0.3, -0.25) is 4.57 Å². The Hall–Kier alpha value is -4.52. The molecule has 0 spiro atoms. The Kier molecular flexibility index (Phi) is 5.28. The van der Waals surface area contributed by atoms with E-state index in [9.17, 15) is 9.90 Å². The predicted molar refractivity (Wildman–Crippen MR) is 128 cm³/mol. The van der Waals surface area contributed by atoms with Crippen LogP contribution in [0.2, 0.25) is 0 Å². The normalized spacial score (nSPS) is 11.9. The smallest absolute Gasteiger partial charge is 0.335 e. The Labute approximate surface area is 190 Å². The number of nitrogens with one attached hydrogen (secondary N) is 1. The number of anilines is 1. The standard InChI is InChI=1S/C26H21N5O2/c1-17(18-6-3-2-4-7-18)29-26-27-13-12-24(30-26)31-16-28-22-15-20(10-11-23(22)31)19-8-5-9-21(14-19)25(32)33/h2-17H,1H3,(H,32,33)(H,27,29,30). The molecule has 2 aromatic heterocycles.